The predicted molar refractivity (Wildman–Crippen MR) is 68.0 cm³/mol. The first-order chi connectivity index (χ1) is 8.02. The smallest absolute Gasteiger partial charge is 0.319 e. The Labute approximate surface area is 106 Å². The van der Waals surface area contributed by atoms with Gasteiger partial charge in [-0.15, -0.1) is 0 Å². The molecule has 0 aliphatic rings. The van der Waals surface area contributed by atoms with Gasteiger partial charge in [-0.05, 0) is 31.5 Å². The number of halogens is 1. The van der Waals surface area contributed by atoms with E-state index in [0.717, 1.165) is 5.56 Å². The molecule has 0 heterocycles. The molecule has 0 saturated carbocycles. The maximum Gasteiger partial charge on any atom is 0.319 e. The molecule has 0 spiro atoms. The van der Waals surface area contributed by atoms with Gasteiger partial charge in [-0.25, -0.2) is 4.79 Å². The highest BCUT2D eigenvalue weighted by Crippen LogP contribution is 2.19. The summed E-state index contributed by atoms with van der Waals surface area (Å²) in [6.07, 6.45) is 0.280. The van der Waals surface area contributed by atoms with E-state index in [9.17, 15) is 4.79 Å². The summed E-state index contributed by atoms with van der Waals surface area (Å²) in [4.78, 5) is 11.5. The summed E-state index contributed by atoms with van der Waals surface area (Å²) in [7, 11) is 0. The molecule has 1 rings (SSSR count). The fourth-order valence-electron chi connectivity index (χ4n) is 1.25. The fourth-order valence-corrected chi connectivity index (χ4v) is 1.43. The molecular formula is C12H14ClN3O. The Hall–Kier alpha value is -1.73. The summed E-state index contributed by atoms with van der Waals surface area (Å²) in [6, 6.07) is 6.76. The van der Waals surface area contributed by atoms with E-state index < -0.39 is 0 Å². The maximum atomic E-state index is 11.5. The van der Waals surface area contributed by atoms with Gasteiger partial charge in [-0.2, -0.15) is 5.26 Å². The van der Waals surface area contributed by atoms with Gasteiger partial charge in [0.1, 0.15) is 0 Å². The number of carbonyl (C=O) groups is 1. The average molecular weight is 252 g/mol. The third-order valence-corrected chi connectivity index (χ3v) is 2.61. The quantitative estimate of drug-likeness (QED) is 0.867. The Morgan fingerprint density at radius 2 is 2.29 bits per heavy atom. The van der Waals surface area contributed by atoms with Gasteiger partial charge in [-0.3, -0.25) is 0 Å². The number of nitrogens with one attached hydrogen (secondary N) is 2. The van der Waals surface area contributed by atoms with Crippen molar-refractivity contribution in [2.24, 2.45) is 0 Å². The van der Waals surface area contributed by atoms with Gasteiger partial charge in [0.05, 0.1) is 12.5 Å². The Bertz CT molecular complexity index is 454. The molecule has 4 nitrogen and oxygen atoms in total. The Morgan fingerprint density at radius 3 is 2.88 bits per heavy atom. The molecule has 5 heteroatoms. The van der Waals surface area contributed by atoms with Crippen LogP contribution in [-0.2, 0) is 0 Å². The van der Waals surface area contributed by atoms with Crippen molar-refractivity contribution in [3.05, 3.63) is 28.8 Å². The normalized spacial score (nSPS) is 11.4. The first-order valence-electron chi connectivity index (χ1n) is 5.23. The van der Waals surface area contributed by atoms with Crippen molar-refractivity contribution in [1.82, 2.24) is 5.32 Å². The van der Waals surface area contributed by atoms with Crippen LogP contribution < -0.4 is 10.6 Å². The molecule has 0 saturated heterocycles. The number of nitrogens with zero attached hydrogens (tertiary/aromatic N) is 1. The number of rotatable bonds is 3. The average Bonchev–Trinajstić information content (AvgIpc) is 2.23. The van der Waals surface area contributed by atoms with Gasteiger partial charge in [0.25, 0.3) is 0 Å². The second-order valence-electron chi connectivity index (χ2n) is 3.83. The number of hydrogen-bond donors (Lipinski definition) is 2. The van der Waals surface area contributed by atoms with E-state index in [0.29, 0.717) is 10.7 Å². The van der Waals surface area contributed by atoms with Gasteiger partial charge in [0, 0.05) is 16.8 Å². The Morgan fingerprint density at radius 1 is 1.59 bits per heavy atom. The number of anilines is 1. The number of carbonyl (C=O) groups excluding carboxylic acids is 1. The van der Waals surface area contributed by atoms with Crippen LogP contribution in [0.2, 0.25) is 5.02 Å². The van der Waals surface area contributed by atoms with E-state index in [1.54, 1.807) is 19.1 Å². The molecule has 1 aromatic carbocycles. The number of nitriles is 1. The summed E-state index contributed by atoms with van der Waals surface area (Å²) >= 11 is 5.94. The molecule has 1 aromatic rings. The minimum Gasteiger partial charge on any atom is -0.334 e. The largest absolute Gasteiger partial charge is 0.334 e. The van der Waals surface area contributed by atoms with Gasteiger partial charge in [0.2, 0.25) is 0 Å². The molecule has 0 aliphatic heterocycles. The van der Waals surface area contributed by atoms with Crippen molar-refractivity contribution in [3.8, 4) is 6.07 Å². The Balaban J connectivity index is 2.57. The monoisotopic (exact) mass is 251 g/mol. The molecule has 0 fully saturated rings. The molecule has 1 atom stereocenters. The lowest BCUT2D eigenvalue weighted by Gasteiger charge is -2.12. The molecular weight excluding hydrogens is 238 g/mol. The molecule has 1 unspecified atom stereocenters. The zero-order valence-corrected chi connectivity index (χ0v) is 10.5. The molecule has 2 amide bonds. The molecule has 2 N–H and O–H groups in total. The van der Waals surface area contributed by atoms with Crippen molar-refractivity contribution in [1.29, 1.82) is 5.26 Å². The number of urea groups is 1. The predicted octanol–water partition coefficient (Wildman–Crippen LogP) is 3.07. The first kappa shape index (κ1) is 13.3. The van der Waals surface area contributed by atoms with Crippen LogP contribution in [0.25, 0.3) is 0 Å². The summed E-state index contributed by atoms with van der Waals surface area (Å²) in [5.41, 5.74) is 1.58. The van der Waals surface area contributed by atoms with Crippen molar-refractivity contribution in [2.45, 2.75) is 26.3 Å². The highest BCUT2D eigenvalue weighted by atomic mass is 35.5. The van der Waals surface area contributed by atoms with Crippen LogP contribution in [0.5, 0.6) is 0 Å². The molecule has 17 heavy (non-hydrogen) atoms. The second kappa shape index (κ2) is 6.12. The lowest BCUT2D eigenvalue weighted by atomic mass is 10.2. The molecule has 0 radical (unpaired) electrons. The van der Waals surface area contributed by atoms with Crippen LogP contribution in [0.4, 0.5) is 10.5 Å². The Kier molecular flexibility index (Phi) is 4.80. The fraction of sp³-hybridized carbons (Fsp3) is 0.333. The van der Waals surface area contributed by atoms with E-state index in [1.807, 2.05) is 19.1 Å². The summed E-state index contributed by atoms with van der Waals surface area (Å²) in [5, 5.41) is 14.4. The van der Waals surface area contributed by atoms with E-state index in [1.165, 1.54) is 0 Å². The lowest BCUT2D eigenvalue weighted by Crippen LogP contribution is -2.35. The van der Waals surface area contributed by atoms with E-state index in [2.05, 4.69) is 10.6 Å². The van der Waals surface area contributed by atoms with Crippen LogP contribution in [0.3, 0.4) is 0 Å². The van der Waals surface area contributed by atoms with Crippen LogP contribution in [0.1, 0.15) is 18.9 Å². The van der Waals surface area contributed by atoms with Crippen molar-refractivity contribution >= 4 is 23.3 Å². The van der Waals surface area contributed by atoms with Crippen LogP contribution in [0, 0.1) is 18.3 Å². The van der Waals surface area contributed by atoms with Crippen molar-refractivity contribution in [2.75, 3.05) is 5.32 Å². The number of aryl methyl sites for hydroxylation is 1. The maximum absolute atomic E-state index is 11.5. The number of benzene rings is 1. The van der Waals surface area contributed by atoms with Gasteiger partial charge in [-0.1, -0.05) is 17.7 Å². The van der Waals surface area contributed by atoms with Gasteiger partial charge < -0.3 is 10.6 Å². The SMILES string of the molecule is Cc1ccc(NC(=O)NC(C)CC#N)cc1Cl. The third-order valence-electron chi connectivity index (χ3n) is 2.20. The van der Waals surface area contributed by atoms with Crippen molar-refractivity contribution in [3.63, 3.8) is 0 Å². The van der Waals surface area contributed by atoms with Gasteiger partial charge in [0.15, 0.2) is 0 Å². The summed E-state index contributed by atoms with van der Waals surface area (Å²) in [5.74, 6) is 0. The highest BCUT2D eigenvalue weighted by molar-refractivity contribution is 6.31. The molecule has 90 valence electrons. The summed E-state index contributed by atoms with van der Waals surface area (Å²) < 4.78 is 0. The minimum absolute atomic E-state index is 0.180. The van der Waals surface area contributed by atoms with Gasteiger partial charge >= 0.3 is 6.03 Å². The van der Waals surface area contributed by atoms with Crippen LogP contribution >= 0.6 is 11.6 Å². The number of amides is 2. The van der Waals surface area contributed by atoms with E-state index >= 15 is 0 Å². The molecule has 0 aliphatic carbocycles. The second-order valence-corrected chi connectivity index (χ2v) is 4.23. The lowest BCUT2D eigenvalue weighted by molar-refractivity contribution is 0.249. The highest BCUT2D eigenvalue weighted by Gasteiger charge is 2.07. The topological polar surface area (TPSA) is 64.9 Å². The molecule has 0 aromatic heterocycles. The van der Waals surface area contributed by atoms with Crippen LogP contribution in [0.15, 0.2) is 18.2 Å². The van der Waals surface area contributed by atoms with E-state index in [4.69, 9.17) is 16.9 Å². The zero-order valence-electron chi connectivity index (χ0n) is 9.75. The van der Waals surface area contributed by atoms with Crippen LogP contribution in [-0.4, -0.2) is 12.1 Å². The third kappa shape index (κ3) is 4.33. The first-order valence-corrected chi connectivity index (χ1v) is 5.61. The number of hydrogen-bond acceptors (Lipinski definition) is 2. The summed E-state index contributed by atoms with van der Waals surface area (Å²) in [6.45, 7) is 3.66. The minimum atomic E-state index is -0.340. The zero-order chi connectivity index (χ0) is 12.8. The van der Waals surface area contributed by atoms with Crippen molar-refractivity contribution < 1.29 is 4.79 Å². The molecule has 0 bridgehead atoms. The van der Waals surface area contributed by atoms with E-state index in [-0.39, 0.29) is 18.5 Å². The standard InChI is InChI=1S/C12H14ClN3O/c1-8-3-4-10(7-11(8)13)16-12(17)15-9(2)5-6-14/h3-4,7,9H,5H2,1-2H3,(H2,15,16,17).